The number of nitrogens with one attached hydrogen (secondary N) is 3. The first-order valence-electron chi connectivity index (χ1n) is 11.9. The van der Waals surface area contributed by atoms with E-state index in [0.29, 0.717) is 5.75 Å². The van der Waals surface area contributed by atoms with Crippen LogP contribution in [0.15, 0.2) is 48.5 Å². The number of carbonyl (C=O) groups is 4. The summed E-state index contributed by atoms with van der Waals surface area (Å²) in [6.07, 6.45) is -3.92. The van der Waals surface area contributed by atoms with E-state index in [1.165, 1.54) is 62.9 Å². The van der Waals surface area contributed by atoms with E-state index in [2.05, 4.69) is 29.2 Å². The maximum absolute atomic E-state index is 12.8. The van der Waals surface area contributed by atoms with Gasteiger partial charge in [0.25, 0.3) is 11.7 Å². The molecule has 0 aliphatic rings. The summed E-state index contributed by atoms with van der Waals surface area (Å²) in [6.45, 7) is 0.903. The quantitative estimate of drug-likeness (QED) is 0.349. The summed E-state index contributed by atoms with van der Waals surface area (Å²) in [4.78, 5) is 49.1. The van der Waals surface area contributed by atoms with Crippen LogP contribution in [0.25, 0.3) is 0 Å². The number of benzene rings is 2. The van der Waals surface area contributed by atoms with E-state index < -0.39 is 60.7 Å². The summed E-state index contributed by atoms with van der Waals surface area (Å²) in [5.74, 6) is -5.28. The lowest BCUT2D eigenvalue weighted by Gasteiger charge is -2.22. The van der Waals surface area contributed by atoms with Gasteiger partial charge >= 0.3 is 12.8 Å². The third kappa shape index (κ3) is 10.9. The van der Waals surface area contributed by atoms with Crippen molar-refractivity contribution in [3.63, 3.8) is 0 Å². The SMILES string of the molecule is CCC.COc1ccc(C(NC(=O)[C@H](C)NC(=O)c2ccccc2OC(F)F)C(=O)NCC(=O)C(F)(F)F)cc1. The highest BCUT2D eigenvalue weighted by Crippen LogP contribution is 2.21. The molecule has 0 radical (unpaired) electrons. The van der Waals surface area contributed by atoms with Crippen LogP contribution in [0.1, 0.15) is 49.2 Å². The molecule has 0 heterocycles. The Morgan fingerprint density at radius 3 is 2.00 bits per heavy atom. The molecule has 0 saturated heterocycles. The first-order chi connectivity index (χ1) is 18.7. The second kappa shape index (κ2) is 16.0. The molecule has 2 rings (SSSR count). The third-order valence-corrected chi connectivity index (χ3v) is 4.83. The number of ketones is 1. The Labute approximate surface area is 227 Å². The van der Waals surface area contributed by atoms with Crippen LogP contribution in [-0.2, 0) is 14.4 Å². The van der Waals surface area contributed by atoms with Gasteiger partial charge in [-0.1, -0.05) is 44.5 Å². The van der Waals surface area contributed by atoms with Gasteiger partial charge in [0.15, 0.2) is 0 Å². The number of Topliss-reactive ketones (excluding diaryl/α,β-unsaturated/α-hetero) is 1. The van der Waals surface area contributed by atoms with Crippen molar-refractivity contribution in [2.45, 2.75) is 52.1 Å². The Bertz CT molecular complexity index is 1140. The number of ether oxygens (including phenoxy) is 2. The van der Waals surface area contributed by atoms with Crippen molar-refractivity contribution in [2.75, 3.05) is 13.7 Å². The van der Waals surface area contributed by atoms with Crippen molar-refractivity contribution < 1.29 is 50.6 Å². The highest BCUT2D eigenvalue weighted by atomic mass is 19.4. The number of methoxy groups -OCH3 is 1. The Kier molecular flexibility index (Phi) is 13.5. The Morgan fingerprint density at radius 2 is 1.48 bits per heavy atom. The molecule has 2 aromatic carbocycles. The van der Waals surface area contributed by atoms with Crippen LogP contribution in [-0.4, -0.2) is 56.0 Å². The monoisotopic (exact) mass is 575 g/mol. The molecule has 3 N–H and O–H groups in total. The molecule has 40 heavy (non-hydrogen) atoms. The minimum atomic E-state index is -5.17. The second-order valence-electron chi connectivity index (χ2n) is 8.13. The number of carbonyl (C=O) groups excluding carboxylic acids is 4. The highest BCUT2D eigenvalue weighted by Gasteiger charge is 2.38. The van der Waals surface area contributed by atoms with Crippen LogP contribution in [0.3, 0.4) is 0 Å². The third-order valence-electron chi connectivity index (χ3n) is 4.83. The molecule has 0 aromatic heterocycles. The molecule has 0 aliphatic heterocycles. The van der Waals surface area contributed by atoms with Crippen LogP contribution in [0.4, 0.5) is 22.0 Å². The van der Waals surface area contributed by atoms with Gasteiger partial charge in [-0.2, -0.15) is 22.0 Å². The normalized spacial score (nSPS) is 12.2. The number of para-hydroxylation sites is 1. The van der Waals surface area contributed by atoms with Gasteiger partial charge in [0.1, 0.15) is 23.6 Å². The number of hydrogen-bond acceptors (Lipinski definition) is 6. The molecule has 220 valence electrons. The number of alkyl halides is 5. The van der Waals surface area contributed by atoms with Gasteiger partial charge in [0.2, 0.25) is 11.8 Å². The van der Waals surface area contributed by atoms with Gasteiger partial charge in [-0.3, -0.25) is 19.2 Å². The topological polar surface area (TPSA) is 123 Å². The van der Waals surface area contributed by atoms with E-state index >= 15 is 0 Å². The number of halogens is 5. The van der Waals surface area contributed by atoms with Gasteiger partial charge in [0.05, 0.1) is 19.2 Å². The maximum atomic E-state index is 12.8. The van der Waals surface area contributed by atoms with Gasteiger partial charge in [0, 0.05) is 0 Å². The molecule has 0 aliphatic carbocycles. The smallest absolute Gasteiger partial charge is 0.451 e. The summed E-state index contributed by atoms with van der Waals surface area (Å²) in [6, 6.07) is 7.70. The molecule has 0 bridgehead atoms. The summed E-state index contributed by atoms with van der Waals surface area (Å²) >= 11 is 0. The van der Waals surface area contributed by atoms with E-state index in [-0.39, 0.29) is 11.1 Å². The first kappa shape index (κ1) is 33.8. The van der Waals surface area contributed by atoms with E-state index in [1.807, 2.05) is 5.32 Å². The summed E-state index contributed by atoms with van der Waals surface area (Å²) < 4.78 is 72.0. The number of rotatable bonds is 11. The van der Waals surface area contributed by atoms with Gasteiger partial charge < -0.3 is 25.4 Å². The lowest BCUT2D eigenvalue weighted by Crippen LogP contribution is -2.49. The molecule has 14 heteroatoms. The van der Waals surface area contributed by atoms with Crippen LogP contribution in [0, 0.1) is 0 Å². The summed E-state index contributed by atoms with van der Waals surface area (Å²) in [7, 11) is 1.37. The first-order valence-corrected chi connectivity index (χ1v) is 11.9. The Hall–Kier alpha value is -4.23. The van der Waals surface area contributed by atoms with Crippen molar-refractivity contribution in [2.24, 2.45) is 0 Å². The molecular formula is C26H30F5N3O6. The fourth-order valence-electron chi connectivity index (χ4n) is 2.93. The van der Waals surface area contributed by atoms with E-state index in [4.69, 9.17) is 4.74 Å². The van der Waals surface area contributed by atoms with Gasteiger partial charge in [-0.15, -0.1) is 0 Å². The number of amides is 3. The van der Waals surface area contributed by atoms with E-state index in [9.17, 15) is 41.1 Å². The number of hydrogen-bond donors (Lipinski definition) is 3. The molecule has 3 amide bonds. The molecule has 0 spiro atoms. The largest absolute Gasteiger partial charge is 0.497 e. The van der Waals surface area contributed by atoms with Crippen molar-refractivity contribution >= 4 is 23.5 Å². The van der Waals surface area contributed by atoms with Crippen molar-refractivity contribution in [1.29, 1.82) is 0 Å². The Balaban J connectivity index is 0.00000254. The van der Waals surface area contributed by atoms with Crippen LogP contribution in [0.2, 0.25) is 0 Å². The van der Waals surface area contributed by atoms with Crippen molar-refractivity contribution in [3.8, 4) is 11.5 Å². The average molecular weight is 576 g/mol. The minimum absolute atomic E-state index is 0.125. The van der Waals surface area contributed by atoms with Gasteiger partial charge in [-0.25, -0.2) is 0 Å². The fraction of sp³-hybridized carbons (Fsp3) is 0.385. The average Bonchev–Trinajstić information content (AvgIpc) is 2.89. The standard InChI is InChI=1S/C23H22F5N3O6.C3H8/c1-12(30-20(34)15-5-3-4-6-16(15)37-22(24)25)19(33)31-18(13-7-9-14(36-2)10-8-13)21(35)29-11-17(32)23(26,27)28;1-3-2/h3-10,12,18,22H,11H2,1-2H3,(H,29,35)(H,30,34)(H,31,33);3H2,1-2H3/t12-,18?;/m0./s1. The fourth-order valence-corrected chi connectivity index (χ4v) is 2.93. The van der Waals surface area contributed by atoms with Crippen molar-refractivity contribution in [3.05, 3.63) is 59.7 Å². The zero-order valence-corrected chi connectivity index (χ0v) is 22.1. The molecule has 9 nitrogen and oxygen atoms in total. The maximum Gasteiger partial charge on any atom is 0.451 e. The van der Waals surface area contributed by atoms with Gasteiger partial charge in [-0.05, 0) is 36.8 Å². The lowest BCUT2D eigenvalue weighted by molar-refractivity contribution is -0.170. The lowest BCUT2D eigenvalue weighted by atomic mass is 10.0. The molecule has 2 atom stereocenters. The minimum Gasteiger partial charge on any atom is -0.497 e. The van der Waals surface area contributed by atoms with Crippen molar-refractivity contribution in [1.82, 2.24) is 16.0 Å². The molecule has 0 fully saturated rings. The molecule has 0 saturated carbocycles. The predicted octanol–water partition coefficient (Wildman–Crippen LogP) is 3.94. The zero-order valence-electron chi connectivity index (χ0n) is 22.1. The van der Waals surface area contributed by atoms with Crippen LogP contribution in [0.5, 0.6) is 11.5 Å². The predicted molar refractivity (Wildman–Crippen MR) is 134 cm³/mol. The van der Waals surface area contributed by atoms with E-state index in [1.54, 1.807) is 0 Å². The van der Waals surface area contributed by atoms with E-state index in [0.717, 1.165) is 6.07 Å². The summed E-state index contributed by atoms with van der Waals surface area (Å²) in [5.41, 5.74) is -0.169. The Morgan fingerprint density at radius 1 is 0.900 bits per heavy atom. The zero-order chi connectivity index (χ0) is 30.5. The second-order valence-corrected chi connectivity index (χ2v) is 8.13. The molecular weight excluding hydrogens is 545 g/mol. The van der Waals surface area contributed by atoms with Crippen LogP contribution < -0.4 is 25.4 Å². The highest BCUT2D eigenvalue weighted by molar-refractivity contribution is 6.00. The van der Waals surface area contributed by atoms with Crippen LogP contribution >= 0.6 is 0 Å². The molecule has 1 unspecified atom stereocenters. The molecule has 2 aromatic rings. The summed E-state index contributed by atoms with van der Waals surface area (Å²) in [5, 5.41) is 6.37.